The summed E-state index contributed by atoms with van der Waals surface area (Å²) in [6.07, 6.45) is 2.28. The van der Waals surface area contributed by atoms with E-state index in [1.165, 1.54) is 18.5 Å². The van der Waals surface area contributed by atoms with Gasteiger partial charge in [0.25, 0.3) is 0 Å². The second kappa shape index (κ2) is 6.12. The van der Waals surface area contributed by atoms with Gasteiger partial charge in [-0.3, -0.25) is 0 Å². The Morgan fingerprint density at radius 1 is 1.30 bits per heavy atom. The number of benzene rings is 1. The molecule has 1 aromatic carbocycles. The van der Waals surface area contributed by atoms with Crippen LogP contribution >= 0.6 is 12.2 Å². The van der Waals surface area contributed by atoms with Gasteiger partial charge in [0.15, 0.2) is 0 Å². The summed E-state index contributed by atoms with van der Waals surface area (Å²) >= 11 is 4.95. The molecule has 2 rings (SSSR count). The minimum atomic E-state index is -3.63. The number of nitrogens with one attached hydrogen (secondary N) is 2. The largest absolute Gasteiger partial charge is 0.371 e. The van der Waals surface area contributed by atoms with Crippen LogP contribution in [-0.4, -0.2) is 24.9 Å². The highest BCUT2D eigenvalue weighted by molar-refractivity contribution is 7.89. The van der Waals surface area contributed by atoms with E-state index in [0.717, 1.165) is 17.8 Å². The molecule has 0 amide bonds. The predicted octanol–water partition coefficient (Wildman–Crippen LogP) is 1.44. The lowest BCUT2D eigenvalue weighted by atomic mass is 10.1. The number of H-pyrrole nitrogens is 1. The lowest BCUT2D eigenvalue weighted by Crippen LogP contribution is -2.12. The number of anilines is 1. The smallest absolute Gasteiger partial charge is 0.238 e. The molecule has 0 aliphatic rings. The van der Waals surface area contributed by atoms with E-state index < -0.39 is 10.0 Å². The molecule has 0 saturated carbocycles. The zero-order valence-corrected chi connectivity index (χ0v) is 12.2. The number of nitrogens with zero attached hydrogens (tertiary/aromatic N) is 1. The molecule has 0 saturated heterocycles. The van der Waals surface area contributed by atoms with Crippen LogP contribution in [0.3, 0.4) is 0 Å². The Balaban J connectivity index is 1.93. The molecule has 6 nitrogen and oxygen atoms in total. The molecule has 0 atom stereocenters. The summed E-state index contributed by atoms with van der Waals surface area (Å²) in [6, 6.07) is 8.24. The van der Waals surface area contributed by atoms with E-state index in [2.05, 4.69) is 15.3 Å². The quantitative estimate of drug-likeness (QED) is 0.726. The van der Waals surface area contributed by atoms with Crippen LogP contribution < -0.4 is 10.5 Å². The van der Waals surface area contributed by atoms with Gasteiger partial charge in [-0.05, 0) is 24.1 Å². The molecule has 0 fully saturated rings. The fourth-order valence-electron chi connectivity index (χ4n) is 1.66. The fourth-order valence-corrected chi connectivity index (χ4v) is 2.34. The fraction of sp³-hybridized carbons (Fsp3) is 0.167. The Morgan fingerprint density at radius 3 is 2.60 bits per heavy atom. The second-order valence-corrected chi connectivity index (χ2v) is 6.14. The van der Waals surface area contributed by atoms with Crippen LogP contribution in [0.25, 0.3) is 0 Å². The maximum Gasteiger partial charge on any atom is 0.238 e. The first-order chi connectivity index (χ1) is 9.45. The molecule has 0 aliphatic heterocycles. The standard InChI is InChI=1S/C12H14N4O2S2/c13-20(17,18)10-3-1-9(2-4-10)5-6-14-11-7-12(19)16-8-15-11/h1-4,7-8H,5-6H2,(H2,13,17,18)(H2,14,15,16,19). The predicted molar refractivity (Wildman–Crippen MR) is 79.4 cm³/mol. The van der Waals surface area contributed by atoms with E-state index in [1.807, 2.05) is 0 Å². The third-order valence-electron chi connectivity index (χ3n) is 2.66. The number of nitrogens with two attached hydrogens (primary N) is 1. The van der Waals surface area contributed by atoms with Crippen LogP contribution in [0.1, 0.15) is 5.56 Å². The number of aromatic nitrogens is 2. The normalized spacial score (nSPS) is 11.2. The molecular formula is C12H14N4O2S2. The van der Waals surface area contributed by atoms with Crippen LogP contribution in [0, 0.1) is 4.64 Å². The molecular weight excluding hydrogens is 296 g/mol. The Hall–Kier alpha value is -1.77. The van der Waals surface area contributed by atoms with Crippen molar-refractivity contribution in [2.45, 2.75) is 11.3 Å². The van der Waals surface area contributed by atoms with Crippen molar-refractivity contribution >= 4 is 28.1 Å². The monoisotopic (exact) mass is 310 g/mol. The average molecular weight is 310 g/mol. The molecule has 1 heterocycles. The number of hydrogen-bond donors (Lipinski definition) is 3. The van der Waals surface area contributed by atoms with Gasteiger partial charge in [-0.1, -0.05) is 24.4 Å². The molecule has 0 bridgehead atoms. The Bertz CT molecular complexity index is 739. The van der Waals surface area contributed by atoms with Crippen LogP contribution in [0.15, 0.2) is 41.6 Å². The molecule has 2 aromatic rings. The van der Waals surface area contributed by atoms with E-state index in [9.17, 15) is 8.42 Å². The Labute approximate surface area is 122 Å². The SMILES string of the molecule is NS(=O)(=O)c1ccc(CCNc2cc(=S)nc[nH]2)cc1. The zero-order valence-electron chi connectivity index (χ0n) is 10.5. The van der Waals surface area contributed by atoms with Crippen molar-refractivity contribution < 1.29 is 8.42 Å². The number of primary sulfonamides is 1. The average Bonchev–Trinajstić information content (AvgIpc) is 2.38. The van der Waals surface area contributed by atoms with E-state index in [0.29, 0.717) is 11.2 Å². The molecule has 4 N–H and O–H groups in total. The van der Waals surface area contributed by atoms with Gasteiger partial charge in [0.1, 0.15) is 10.5 Å². The number of sulfonamides is 1. The summed E-state index contributed by atoms with van der Waals surface area (Å²) in [7, 11) is -3.63. The van der Waals surface area contributed by atoms with Crippen molar-refractivity contribution in [2.75, 3.05) is 11.9 Å². The van der Waals surface area contributed by atoms with Gasteiger partial charge < -0.3 is 10.3 Å². The maximum atomic E-state index is 11.1. The molecule has 0 spiro atoms. The summed E-state index contributed by atoms with van der Waals surface area (Å²) in [6.45, 7) is 0.685. The molecule has 20 heavy (non-hydrogen) atoms. The van der Waals surface area contributed by atoms with Gasteiger partial charge in [-0.15, -0.1) is 0 Å². The first-order valence-electron chi connectivity index (χ1n) is 5.85. The van der Waals surface area contributed by atoms with Gasteiger partial charge >= 0.3 is 0 Å². The minimum absolute atomic E-state index is 0.118. The van der Waals surface area contributed by atoms with Crippen LogP contribution in [0.2, 0.25) is 0 Å². The van der Waals surface area contributed by atoms with Gasteiger partial charge in [0, 0.05) is 12.6 Å². The molecule has 0 radical (unpaired) electrons. The van der Waals surface area contributed by atoms with Gasteiger partial charge in [0.2, 0.25) is 10.0 Å². The summed E-state index contributed by atoms with van der Waals surface area (Å²) in [5, 5.41) is 8.21. The van der Waals surface area contributed by atoms with Crippen molar-refractivity contribution in [3.05, 3.63) is 46.9 Å². The highest BCUT2D eigenvalue weighted by Crippen LogP contribution is 2.09. The molecule has 8 heteroatoms. The molecule has 106 valence electrons. The first-order valence-corrected chi connectivity index (χ1v) is 7.81. The topological polar surface area (TPSA) is 101 Å². The van der Waals surface area contributed by atoms with E-state index in [4.69, 9.17) is 17.4 Å². The second-order valence-electron chi connectivity index (χ2n) is 4.16. The first kappa shape index (κ1) is 14.6. The summed E-state index contributed by atoms with van der Waals surface area (Å²) in [4.78, 5) is 6.95. The van der Waals surface area contributed by atoms with E-state index in [-0.39, 0.29) is 4.90 Å². The number of hydrogen-bond acceptors (Lipinski definition) is 5. The summed E-state index contributed by atoms with van der Waals surface area (Å²) in [5.41, 5.74) is 1.01. The lowest BCUT2D eigenvalue weighted by Gasteiger charge is -2.06. The summed E-state index contributed by atoms with van der Waals surface area (Å²) < 4.78 is 22.8. The lowest BCUT2D eigenvalue weighted by molar-refractivity contribution is 0.598. The maximum absolute atomic E-state index is 11.1. The highest BCUT2D eigenvalue weighted by Gasteiger charge is 2.06. The zero-order chi connectivity index (χ0) is 14.6. The van der Waals surface area contributed by atoms with Crippen molar-refractivity contribution in [1.29, 1.82) is 0 Å². The van der Waals surface area contributed by atoms with E-state index >= 15 is 0 Å². The number of aromatic amines is 1. The Morgan fingerprint density at radius 2 is 2.00 bits per heavy atom. The van der Waals surface area contributed by atoms with Crippen molar-refractivity contribution in [3.63, 3.8) is 0 Å². The van der Waals surface area contributed by atoms with Crippen molar-refractivity contribution in [2.24, 2.45) is 5.14 Å². The third-order valence-corrected chi connectivity index (χ3v) is 3.81. The summed E-state index contributed by atoms with van der Waals surface area (Å²) in [5.74, 6) is 0.797. The van der Waals surface area contributed by atoms with Crippen LogP contribution in [0.5, 0.6) is 0 Å². The highest BCUT2D eigenvalue weighted by atomic mass is 32.2. The molecule has 0 aliphatic carbocycles. The number of rotatable bonds is 5. The third kappa shape index (κ3) is 4.12. The van der Waals surface area contributed by atoms with E-state index in [1.54, 1.807) is 18.2 Å². The van der Waals surface area contributed by atoms with Gasteiger partial charge in [-0.2, -0.15) is 0 Å². The molecule has 0 unspecified atom stereocenters. The minimum Gasteiger partial charge on any atom is -0.371 e. The van der Waals surface area contributed by atoms with Crippen molar-refractivity contribution in [3.8, 4) is 0 Å². The van der Waals surface area contributed by atoms with Crippen molar-refractivity contribution in [1.82, 2.24) is 9.97 Å². The molecule has 1 aromatic heterocycles. The Kier molecular flexibility index (Phi) is 4.48. The van der Waals surface area contributed by atoms with Gasteiger partial charge in [-0.25, -0.2) is 18.5 Å². The van der Waals surface area contributed by atoms with Gasteiger partial charge in [0.05, 0.1) is 11.2 Å². The van der Waals surface area contributed by atoms with Crippen LogP contribution in [0.4, 0.5) is 5.82 Å². The van der Waals surface area contributed by atoms with Crippen LogP contribution in [-0.2, 0) is 16.4 Å².